The lowest BCUT2D eigenvalue weighted by molar-refractivity contribution is 1.49. The molecule has 0 heterocycles. The number of hydrogen-bond acceptors (Lipinski definition) is 0. The zero-order chi connectivity index (χ0) is 18.2. The van der Waals surface area contributed by atoms with Crippen LogP contribution < -0.4 is 10.4 Å². The van der Waals surface area contributed by atoms with Crippen LogP contribution in [0.25, 0.3) is 33.7 Å². The molecule has 0 radical (unpaired) electrons. The monoisotopic (exact) mass is 352 g/mol. The van der Waals surface area contributed by atoms with E-state index in [1.165, 1.54) is 64.0 Å². The van der Waals surface area contributed by atoms with Crippen LogP contribution in [0.4, 0.5) is 0 Å². The van der Waals surface area contributed by atoms with Gasteiger partial charge in [0.15, 0.2) is 0 Å². The molecule has 0 aliphatic heterocycles. The fraction of sp³-hybridized carbons (Fsp3) is 0. The van der Waals surface area contributed by atoms with Gasteiger partial charge in [0, 0.05) is 0 Å². The van der Waals surface area contributed by atoms with Crippen molar-refractivity contribution in [2.75, 3.05) is 0 Å². The first-order valence-electron chi connectivity index (χ1n) is 9.78. The minimum atomic E-state index is 1.31. The van der Waals surface area contributed by atoms with E-state index in [-0.39, 0.29) is 0 Å². The summed E-state index contributed by atoms with van der Waals surface area (Å²) in [6, 6.07) is 31.4. The van der Waals surface area contributed by atoms with E-state index in [9.17, 15) is 0 Å². The standard InChI is InChI=1S/C28H16/c1-3-7-23-17(5-1)11-21-13-19-9-10-20-14-22-12-18-6-2-4-8-24(18)28(22)16-26(20)25(19)15-27(21)23/h1-16H. The summed E-state index contributed by atoms with van der Waals surface area (Å²) in [4.78, 5) is 0. The summed E-state index contributed by atoms with van der Waals surface area (Å²) < 4.78 is 0. The predicted octanol–water partition coefficient (Wildman–Crippen LogP) is 4.85. The molecule has 7 rings (SSSR count). The number of fused-ring (bicyclic) bond motifs is 7. The van der Waals surface area contributed by atoms with Gasteiger partial charge in [0.2, 0.25) is 0 Å². The molecule has 0 aromatic heterocycles. The topological polar surface area (TPSA) is 0 Å². The normalized spacial score (nSPS) is 12.9. The van der Waals surface area contributed by atoms with Crippen LogP contribution in [0.15, 0.2) is 84.9 Å². The molecule has 5 aromatic rings. The Kier molecular flexibility index (Phi) is 2.57. The third-order valence-electron chi connectivity index (χ3n) is 6.30. The fourth-order valence-corrected chi connectivity index (χ4v) is 4.97. The van der Waals surface area contributed by atoms with Gasteiger partial charge in [0.1, 0.15) is 0 Å². The zero-order valence-electron chi connectivity index (χ0n) is 15.2. The predicted molar refractivity (Wildman–Crippen MR) is 116 cm³/mol. The summed E-state index contributed by atoms with van der Waals surface area (Å²) in [6.45, 7) is 0. The van der Waals surface area contributed by atoms with Crippen molar-refractivity contribution in [2.45, 2.75) is 0 Å². The molecule has 0 saturated carbocycles. The second-order valence-corrected chi connectivity index (χ2v) is 7.85. The smallest absolute Gasteiger partial charge is 0.00986 e. The molecule has 28 heavy (non-hydrogen) atoms. The van der Waals surface area contributed by atoms with Crippen LogP contribution in [0.3, 0.4) is 0 Å². The zero-order valence-corrected chi connectivity index (χ0v) is 15.2. The van der Waals surface area contributed by atoms with E-state index in [1.54, 1.807) is 0 Å². The molecule has 0 fully saturated rings. The van der Waals surface area contributed by atoms with Crippen molar-refractivity contribution in [2.24, 2.45) is 0 Å². The second kappa shape index (κ2) is 4.99. The molecular formula is C28H16. The Balaban J connectivity index is 1.71. The first-order chi connectivity index (χ1) is 13.8. The Bertz CT molecular complexity index is 1670. The van der Waals surface area contributed by atoms with Crippen molar-refractivity contribution in [1.82, 2.24) is 0 Å². The van der Waals surface area contributed by atoms with Crippen LogP contribution in [-0.2, 0) is 0 Å². The van der Waals surface area contributed by atoms with Crippen molar-refractivity contribution < 1.29 is 0 Å². The summed E-state index contributed by atoms with van der Waals surface area (Å²) in [5.74, 6) is 0. The molecule has 0 spiro atoms. The summed E-state index contributed by atoms with van der Waals surface area (Å²) in [7, 11) is 0. The van der Waals surface area contributed by atoms with Crippen molar-refractivity contribution >= 4 is 33.7 Å². The van der Waals surface area contributed by atoms with Gasteiger partial charge in [-0.15, -0.1) is 0 Å². The maximum Gasteiger partial charge on any atom is -0.00986 e. The molecule has 0 atom stereocenters. The van der Waals surface area contributed by atoms with Gasteiger partial charge in [-0.05, 0) is 100 Å². The Morgan fingerprint density at radius 1 is 0.393 bits per heavy atom. The summed E-state index contributed by atoms with van der Waals surface area (Å²) in [5.41, 5.74) is 2.65. The SMILES string of the molecule is C1=c2ccccc2=c2cc3c(ccc4cc5c(cc43)=c3ccccc3=C5)cc21. The van der Waals surface area contributed by atoms with Gasteiger partial charge >= 0.3 is 0 Å². The third-order valence-corrected chi connectivity index (χ3v) is 6.30. The van der Waals surface area contributed by atoms with Crippen LogP contribution in [-0.4, -0.2) is 0 Å². The Morgan fingerprint density at radius 2 is 0.857 bits per heavy atom. The highest BCUT2D eigenvalue weighted by Gasteiger charge is 2.09. The van der Waals surface area contributed by atoms with E-state index >= 15 is 0 Å². The molecule has 0 saturated heterocycles. The fourth-order valence-electron chi connectivity index (χ4n) is 4.97. The Morgan fingerprint density at radius 3 is 1.36 bits per heavy atom. The maximum atomic E-state index is 2.40. The van der Waals surface area contributed by atoms with Crippen LogP contribution in [0.1, 0.15) is 11.1 Å². The molecule has 0 nitrogen and oxygen atoms in total. The number of hydrogen-bond donors (Lipinski definition) is 0. The van der Waals surface area contributed by atoms with E-state index in [0.717, 1.165) is 0 Å². The van der Waals surface area contributed by atoms with Gasteiger partial charge in [-0.1, -0.05) is 60.7 Å². The lowest BCUT2D eigenvalue weighted by Gasteiger charge is -2.07. The summed E-state index contributed by atoms with van der Waals surface area (Å²) in [6.07, 6.45) is 4.62. The third kappa shape index (κ3) is 1.80. The average molecular weight is 352 g/mol. The molecule has 0 N–H and O–H groups in total. The lowest BCUT2D eigenvalue weighted by atomic mass is 9.97. The number of rotatable bonds is 0. The van der Waals surface area contributed by atoms with Crippen molar-refractivity contribution in [3.05, 3.63) is 127 Å². The van der Waals surface area contributed by atoms with Crippen molar-refractivity contribution in [3.8, 4) is 0 Å². The Hall–Kier alpha value is -3.64. The van der Waals surface area contributed by atoms with Crippen LogP contribution in [0.2, 0.25) is 0 Å². The maximum absolute atomic E-state index is 2.40. The van der Waals surface area contributed by atoms with Crippen molar-refractivity contribution in [3.63, 3.8) is 0 Å². The molecule has 5 aromatic carbocycles. The highest BCUT2D eigenvalue weighted by molar-refractivity contribution is 6.08. The van der Waals surface area contributed by atoms with E-state index in [0.29, 0.717) is 0 Å². The number of benzene rings is 5. The van der Waals surface area contributed by atoms with E-state index in [1.807, 2.05) is 0 Å². The highest BCUT2D eigenvalue weighted by Crippen LogP contribution is 2.30. The minimum absolute atomic E-state index is 1.31. The van der Waals surface area contributed by atoms with E-state index in [2.05, 4.69) is 97.1 Å². The van der Waals surface area contributed by atoms with Gasteiger partial charge < -0.3 is 0 Å². The molecule has 0 unspecified atom stereocenters. The first kappa shape index (κ1) is 14.4. The molecule has 128 valence electrons. The van der Waals surface area contributed by atoms with Crippen LogP contribution in [0.5, 0.6) is 0 Å². The Labute approximate surface area is 161 Å². The quantitative estimate of drug-likeness (QED) is 0.342. The van der Waals surface area contributed by atoms with Crippen LogP contribution >= 0.6 is 0 Å². The summed E-state index contributed by atoms with van der Waals surface area (Å²) in [5, 5.41) is 13.3. The second-order valence-electron chi connectivity index (χ2n) is 7.85. The summed E-state index contributed by atoms with van der Waals surface area (Å²) >= 11 is 0. The first-order valence-corrected chi connectivity index (χ1v) is 9.78. The van der Waals surface area contributed by atoms with Crippen LogP contribution in [0, 0.1) is 20.9 Å². The average Bonchev–Trinajstić information content (AvgIpc) is 3.28. The molecule has 2 aliphatic rings. The van der Waals surface area contributed by atoms with Gasteiger partial charge in [0.05, 0.1) is 0 Å². The van der Waals surface area contributed by atoms with Gasteiger partial charge in [-0.25, -0.2) is 0 Å². The molecule has 0 heteroatoms. The molecule has 0 bridgehead atoms. The van der Waals surface area contributed by atoms with Crippen molar-refractivity contribution in [1.29, 1.82) is 0 Å². The molecule has 0 amide bonds. The lowest BCUT2D eigenvalue weighted by Crippen LogP contribution is -1.96. The largest absolute Gasteiger partial charge is 0.0616 e. The molecular weight excluding hydrogens is 336 g/mol. The van der Waals surface area contributed by atoms with Gasteiger partial charge in [-0.2, -0.15) is 0 Å². The minimum Gasteiger partial charge on any atom is -0.0616 e. The van der Waals surface area contributed by atoms with E-state index < -0.39 is 0 Å². The van der Waals surface area contributed by atoms with Gasteiger partial charge in [-0.3, -0.25) is 0 Å². The molecule has 2 aliphatic carbocycles. The van der Waals surface area contributed by atoms with E-state index in [4.69, 9.17) is 0 Å². The highest BCUT2D eigenvalue weighted by atomic mass is 14.1. The van der Waals surface area contributed by atoms with Gasteiger partial charge in [0.25, 0.3) is 0 Å².